The van der Waals surface area contributed by atoms with Crippen LogP contribution in [0, 0.1) is 28.5 Å². The molecule has 3 rings (SSSR count). The van der Waals surface area contributed by atoms with Gasteiger partial charge in [0, 0.05) is 0 Å². The molecule has 3 aromatic carbocycles. The number of ether oxygens (including phenoxy) is 2. The number of carbonyl (C=O) groups excluding carboxylic acids is 1. The number of sulfonamides is 1. The van der Waals surface area contributed by atoms with Gasteiger partial charge in [-0.05, 0) is 64.5 Å². The molecule has 3 aromatic rings. The first kappa shape index (κ1) is 25.9. The van der Waals surface area contributed by atoms with Gasteiger partial charge in [0.15, 0.2) is 18.1 Å². The lowest BCUT2D eigenvalue weighted by molar-refractivity contribution is -0.118. The van der Waals surface area contributed by atoms with Gasteiger partial charge in [0.25, 0.3) is 5.91 Å². The van der Waals surface area contributed by atoms with Crippen LogP contribution in [0.5, 0.6) is 17.2 Å². The highest BCUT2D eigenvalue weighted by atomic mass is 79.9. The molecule has 0 aromatic heterocycles. The van der Waals surface area contributed by atoms with Gasteiger partial charge in [-0.2, -0.15) is 14.9 Å². The molecule has 35 heavy (non-hydrogen) atoms. The third-order valence-electron chi connectivity index (χ3n) is 4.30. The van der Waals surface area contributed by atoms with Crippen molar-refractivity contribution < 1.29 is 27.1 Å². The summed E-state index contributed by atoms with van der Waals surface area (Å²) in [6.07, 6.45) is 0. The predicted molar refractivity (Wildman–Crippen MR) is 127 cm³/mol. The Hall–Kier alpha value is -3.68. The van der Waals surface area contributed by atoms with Gasteiger partial charge < -0.3 is 14.8 Å². The van der Waals surface area contributed by atoms with Gasteiger partial charge in [0.05, 0.1) is 43.3 Å². The Morgan fingerprint density at radius 2 is 1.77 bits per heavy atom. The molecule has 0 heterocycles. The Bertz CT molecular complexity index is 1490. The number of nitriles is 2. The van der Waals surface area contributed by atoms with E-state index in [1.807, 2.05) is 12.1 Å². The van der Waals surface area contributed by atoms with Gasteiger partial charge in [-0.1, -0.05) is 11.6 Å². The number of hydrogen-bond donors (Lipinski definition) is 2. The Kier molecular flexibility index (Phi) is 7.94. The number of hydrogen-bond acceptors (Lipinski definition) is 7. The zero-order valence-electron chi connectivity index (χ0n) is 17.4. The Labute approximate surface area is 212 Å². The van der Waals surface area contributed by atoms with E-state index >= 15 is 4.39 Å². The molecule has 0 spiro atoms. The lowest BCUT2D eigenvalue weighted by atomic mass is 10.1. The summed E-state index contributed by atoms with van der Waals surface area (Å²) in [6.45, 7) is -0.617. The second-order valence-corrected chi connectivity index (χ2v) is 9.61. The average Bonchev–Trinajstić information content (AvgIpc) is 2.81. The number of carbonyl (C=O) groups is 1. The monoisotopic (exact) mass is 578 g/mol. The highest BCUT2D eigenvalue weighted by Crippen LogP contribution is 2.37. The van der Waals surface area contributed by atoms with Crippen molar-refractivity contribution in [2.75, 3.05) is 11.9 Å². The zero-order valence-corrected chi connectivity index (χ0v) is 20.5. The van der Waals surface area contributed by atoms with Crippen LogP contribution in [0.4, 0.5) is 10.1 Å². The summed E-state index contributed by atoms with van der Waals surface area (Å²) in [5.74, 6) is -2.20. The van der Waals surface area contributed by atoms with Crippen LogP contribution in [0.25, 0.3) is 0 Å². The second kappa shape index (κ2) is 10.7. The molecule has 0 saturated carbocycles. The Balaban J connectivity index is 1.75. The molecule has 0 aliphatic heterocycles. The normalized spacial score (nSPS) is 10.7. The predicted octanol–water partition coefficient (Wildman–Crippen LogP) is 4.44. The molecule has 0 atom stereocenters. The first-order valence-electron chi connectivity index (χ1n) is 9.38. The highest BCUT2D eigenvalue weighted by Gasteiger charge is 2.18. The van der Waals surface area contributed by atoms with Gasteiger partial charge in [0.1, 0.15) is 5.75 Å². The molecule has 3 N–H and O–H groups in total. The largest absolute Gasteiger partial charge is 0.481 e. The van der Waals surface area contributed by atoms with E-state index in [9.17, 15) is 13.2 Å². The van der Waals surface area contributed by atoms with Gasteiger partial charge in [-0.15, -0.1) is 0 Å². The number of amides is 1. The molecule has 0 radical (unpaired) electrons. The van der Waals surface area contributed by atoms with Crippen LogP contribution in [-0.2, 0) is 14.8 Å². The van der Waals surface area contributed by atoms with Crippen LogP contribution in [0.15, 0.2) is 57.9 Å². The number of nitrogens with two attached hydrogens (primary N) is 1. The summed E-state index contributed by atoms with van der Waals surface area (Å²) in [5, 5.41) is 25.6. The van der Waals surface area contributed by atoms with E-state index < -0.39 is 28.4 Å². The topological polar surface area (TPSA) is 155 Å². The lowest BCUT2D eigenvalue weighted by Crippen LogP contribution is -2.21. The van der Waals surface area contributed by atoms with Gasteiger partial charge in [-0.25, -0.2) is 13.6 Å². The van der Waals surface area contributed by atoms with E-state index in [1.165, 1.54) is 36.4 Å². The van der Waals surface area contributed by atoms with E-state index in [2.05, 4.69) is 21.2 Å². The number of anilines is 1. The van der Waals surface area contributed by atoms with Crippen molar-refractivity contribution >= 4 is 49.1 Å². The van der Waals surface area contributed by atoms with Crippen LogP contribution in [0.2, 0.25) is 5.02 Å². The van der Waals surface area contributed by atoms with Gasteiger partial charge >= 0.3 is 0 Å². The molecule has 0 aliphatic carbocycles. The Morgan fingerprint density at radius 3 is 2.34 bits per heavy atom. The van der Waals surface area contributed by atoms with Crippen LogP contribution in [0.3, 0.4) is 0 Å². The molecule has 13 heteroatoms. The molecule has 0 bridgehead atoms. The van der Waals surface area contributed by atoms with Crippen molar-refractivity contribution in [1.82, 2.24) is 0 Å². The molecule has 9 nitrogen and oxygen atoms in total. The quantitative estimate of drug-likeness (QED) is 0.419. The number of rotatable bonds is 7. The molecule has 0 unspecified atom stereocenters. The third kappa shape index (κ3) is 6.47. The van der Waals surface area contributed by atoms with Crippen LogP contribution in [-0.4, -0.2) is 20.9 Å². The van der Waals surface area contributed by atoms with Gasteiger partial charge in [0.2, 0.25) is 15.8 Å². The molecular weight excluding hydrogens is 567 g/mol. The van der Waals surface area contributed by atoms with Gasteiger partial charge in [-0.3, -0.25) is 4.79 Å². The number of halogens is 3. The molecule has 178 valence electrons. The minimum atomic E-state index is -3.97. The number of benzene rings is 3. The minimum absolute atomic E-state index is 0.0488. The van der Waals surface area contributed by atoms with Crippen molar-refractivity contribution in [2.45, 2.75) is 4.90 Å². The van der Waals surface area contributed by atoms with Crippen LogP contribution >= 0.6 is 27.5 Å². The molecule has 0 saturated heterocycles. The average molecular weight is 580 g/mol. The smallest absolute Gasteiger partial charge is 0.262 e. The fourth-order valence-corrected chi connectivity index (χ4v) is 3.95. The number of primary sulfonamides is 1. The fraction of sp³-hybridized carbons (Fsp3) is 0.0455. The van der Waals surface area contributed by atoms with Crippen molar-refractivity contribution in [2.24, 2.45) is 5.14 Å². The summed E-state index contributed by atoms with van der Waals surface area (Å²) in [4.78, 5) is 12.0. The van der Waals surface area contributed by atoms with E-state index in [-0.39, 0.29) is 48.5 Å². The third-order valence-corrected chi connectivity index (χ3v) is 6.15. The fourth-order valence-electron chi connectivity index (χ4n) is 2.73. The van der Waals surface area contributed by atoms with E-state index in [0.29, 0.717) is 0 Å². The summed E-state index contributed by atoms with van der Waals surface area (Å²) in [7, 11) is -3.97. The maximum absolute atomic E-state index is 15.0. The second-order valence-electron chi connectivity index (χ2n) is 6.78. The van der Waals surface area contributed by atoms with Crippen LogP contribution < -0.4 is 19.9 Å². The summed E-state index contributed by atoms with van der Waals surface area (Å²) in [6, 6.07) is 14.0. The summed E-state index contributed by atoms with van der Waals surface area (Å²) >= 11 is 9.15. The SMILES string of the molecule is N#Cc1cc(C#N)cc(Oc2c(Br)ccc(OCC(=O)Nc3ccc(S(N)(=O)=O)cc3Cl)c2F)c1. The van der Waals surface area contributed by atoms with Crippen molar-refractivity contribution in [1.29, 1.82) is 10.5 Å². The van der Waals surface area contributed by atoms with Crippen molar-refractivity contribution in [3.63, 3.8) is 0 Å². The number of nitrogens with one attached hydrogen (secondary N) is 1. The lowest BCUT2D eigenvalue weighted by Gasteiger charge is -2.14. The molecule has 0 aliphatic rings. The Morgan fingerprint density at radius 1 is 1.11 bits per heavy atom. The maximum atomic E-state index is 15.0. The molecule has 1 amide bonds. The highest BCUT2D eigenvalue weighted by molar-refractivity contribution is 9.10. The maximum Gasteiger partial charge on any atom is 0.262 e. The van der Waals surface area contributed by atoms with E-state index in [0.717, 1.165) is 12.1 Å². The minimum Gasteiger partial charge on any atom is -0.481 e. The first-order valence-corrected chi connectivity index (χ1v) is 12.1. The number of nitrogens with zero attached hydrogens (tertiary/aromatic N) is 2. The van der Waals surface area contributed by atoms with Crippen LogP contribution in [0.1, 0.15) is 11.1 Å². The van der Waals surface area contributed by atoms with E-state index in [4.69, 9.17) is 36.7 Å². The first-order chi connectivity index (χ1) is 16.5. The molecular formula is C22H13BrClFN4O5S. The summed E-state index contributed by atoms with van der Waals surface area (Å²) < 4.78 is 48.8. The van der Waals surface area contributed by atoms with Crippen molar-refractivity contribution in [3.05, 3.63) is 75.0 Å². The van der Waals surface area contributed by atoms with Crippen molar-refractivity contribution in [3.8, 4) is 29.4 Å². The van der Waals surface area contributed by atoms with E-state index in [1.54, 1.807) is 0 Å². The zero-order chi connectivity index (χ0) is 25.8. The standard InChI is InChI=1S/C22H13BrClFN4O5S/c23-16-2-4-19(21(25)22(16)34-14-6-12(9-26)5-13(7-14)10-27)33-11-20(30)29-18-3-1-15(8-17(18)24)35(28,31)32/h1-8H,11H2,(H,29,30)(H2,28,31,32). The summed E-state index contributed by atoms with van der Waals surface area (Å²) in [5.41, 5.74) is 0.393. The molecule has 0 fully saturated rings.